The summed E-state index contributed by atoms with van der Waals surface area (Å²) in [5.74, 6) is 0.626. The molecule has 2 aliphatic rings. The molecule has 0 amide bonds. The minimum absolute atomic E-state index is 0.277. The summed E-state index contributed by atoms with van der Waals surface area (Å²) in [5.41, 5.74) is 2.24. The Bertz CT molecular complexity index is 1060. The monoisotopic (exact) mass is 369 g/mol. The van der Waals surface area contributed by atoms with Crippen LogP contribution in [0, 0.1) is 12.7 Å². The Morgan fingerprint density at radius 2 is 2.04 bits per heavy atom. The second-order valence-electron chi connectivity index (χ2n) is 7.24. The van der Waals surface area contributed by atoms with Crippen LogP contribution in [0.15, 0.2) is 23.1 Å². The van der Waals surface area contributed by atoms with E-state index in [4.69, 9.17) is 4.74 Å². The Morgan fingerprint density at radius 1 is 1.26 bits per heavy atom. The molecule has 0 atom stereocenters. The maximum atomic E-state index is 14.8. The normalized spacial score (nSPS) is 17.6. The predicted octanol–water partition coefficient (Wildman–Crippen LogP) is 2.27. The number of nitrogens with one attached hydrogen (secondary N) is 1. The smallest absolute Gasteiger partial charge is 0.263 e. The lowest BCUT2D eigenvalue weighted by atomic mass is 10.1. The molecule has 2 fully saturated rings. The highest BCUT2D eigenvalue weighted by Crippen LogP contribution is 2.41. The zero-order valence-electron chi connectivity index (χ0n) is 15.0. The number of H-pyrrole nitrogens is 1. The van der Waals surface area contributed by atoms with Crippen LogP contribution in [0.4, 0.5) is 10.3 Å². The van der Waals surface area contributed by atoms with E-state index < -0.39 is 0 Å². The molecule has 1 saturated heterocycles. The highest BCUT2D eigenvalue weighted by atomic mass is 19.1. The Hall–Kier alpha value is -2.74. The molecule has 1 aliphatic carbocycles. The van der Waals surface area contributed by atoms with Crippen molar-refractivity contribution in [2.24, 2.45) is 0 Å². The highest BCUT2D eigenvalue weighted by molar-refractivity contribution is 5.75. The van der Waals surface area contributed by atoms with Gasteiger partial charge in [-0.05, 0) is 42.9 Å². The molecule has 140 valence electrons. The van der Waals surface area contributed by atoms with E-state index in [0.717, 1.165) is 24.0 Å². The van der Waals surface area contributed by atoms with Gasteiger partial charge in [-0.1, -0.05) is 6.07 Å². The van der Waals surface area contributed by atoms with E-state index in [9.17, 15) is 9.18 Å². The zero-order chi connectivity index (χ0) is 18.5. The standard InChI is InChI=1S/C19H20FN5O2/c1-11-8-13(12-2-3-12)9-15(20)16(11)25-10-14-17(23-25)21-19(22-18(14)26)24-4-6-27-7-5-24/h8-10,12H,2-7H2,1H3,(H,21,22,23,26). The van der Waals surface area contributed by atoms with Gasteiger partial charge in [0.25, 0.3) is 5.56 Å². The van der Waals surface area contributed by atoms with E-state index in [1.807, 2.05) is 17.9 Å². The first kappa shape index (κ1) is 16.4. The van der Waals surface area contributed by atoms with Crippen molar-refractivity contribution in [1.82, 2.24) is 19.7 Å². The van der Waals surface area contributed by atoms with Crippen molar-refractivity contribution in [2.75, 3.05) is 31.2 Å². The van der Waals surface area contributed by atoms with Crippen LogP contribution < -0.4 is 10.5 Å². The van der Waals surface area contributed by atoms with Crippen molar-refractivity contribution in [3.63, 3.8) is 0 Å². The van der Waals surface area contributed by atoms with Gasteiger partial charge in [0.05, 0.1) is 13.2 Å². The zero-order valence-corrected chi connectivity index (χ0v) is 15.0. The van der Waals surface area contributed by atoms with Crippen LogP contribution in [0.3, 0.4) is 0 Å². The topological polar surface area (TPSA) is 76.0 Å². The second kappa shape index (κ2) is 6.16. The number of rotatable bonds is 3. The van der Waals surface area contributed by atoms with Gasteiger partial charge in [-0.25, -0.2) is 9.07 Å². The number of fused-ring (bicyclic) bond motifs is 1. The molecule has 2 aromatic heterocycles. The Labute approximate surface area is 154 Å². The summed E-state index contributed by atoms with van der Waals surface area (Å²) in [5, 5.41) is 4.74. The first-order valence-electron chi connectivity index (χ1n) is 9.23. The van der Waals surface area contributed by atoms with Gasteiger partial charge in [0, 0.05) is 19.3 Å². The van der Waals surface area contributed by atoms with Gasteiger partial charge in [-0.3, -0.25) is 9.78 Å². The molecule has 0 radical (unpaired) electrons. The van der Waals surface area contributed by atoms with Crippen LogP contribution in [0.5, 0.6) is 0 Å². The molecule has 0 unspecified atom stereocenters. The van der Waals surface area contributed by atoms with E-state index in [2.05, 4.69) is 15.1 Å². The lowest BCUT2D eigenvalue weighted by Crippen LogP contribution is -2.38. The molecule has 3 aromatic rings. The summed E-state index contributed by atoms with van der Waals surface area (Å²) >= 11 is 0. The van der Waals surface area contributed by atoms with E-state index in [-0.39, 0.29) is 11.4 Å². The average molecular weight is 369 g/mol. The number of benzene rings is 1. The lowest BCUT2D eigenvalue weighted by molar-refractivity contribution is 0.122. The van der Waals surface area contributed by atoms with E-state index in [1.165, 1.54) is 4.68 Å². The molecule has 1 N–H and O–H groups in total. The summed E-state index contributed by atoms with van der Waals surface area (Å²) < 4.78 is 21.6. The van der Waals surface area contributed by atoms with Gasteiger partial charge in [0.2, 0.25) is 5.95 Å². The second-order valence-corrected chi connectivity index (χ2v) is 7.24. The molecule has 27 heavy (non-hydrogen) atoms. The summed E-state index contributed by atoms with van der Waals surface area (Å²) in [7, 11) is 0. The summed E-state index contributed by atoms with van der Waals surface area (Å²) in [6.45, 7) is 4.37. The number of morpholine rings is 1. The van der Waals surface area contributed by atoms with Crippen molar-refractivity contribution in [3.05, 3.63) is 45.6 Å². The molecule has 1 aliphatic heterocycles. The summed E-state index contributed by atoms with van der Waals surface area (Å²) in [6, 6.07) is 3.60. The molecule has 0 bridgehead atoms. The third-order valence-electron chi connectivity index (χ3n) is 5.24. The van der Waals surface area contributed by atoms with Gasteiger partial charge in [-0.2, -0.15) is 4.98 Å². The minimum atomic E-state index is -0.325. The van der Waals surface area contributed by atoms with Gasteiger partial charge >= 0.3 is 0 Å². The SMILES string of the molecule is Cc1cc(C2CC2)cc(F)c1-n1cc2c(=O)[nH]c(N3CCOCC3)nc2n1. The Kier molecular flexibility index (Phi) is 3.75. The molecular weight excluding hydrogens is 349 g/mol. The van der Waals surface area contributed by atoms with E-state index in [1.54, 1.807) is 12.3 Å². The predicted molar refractivity (Wildman–Crippen MR) is 99.2 cm³/mol. The van der Waals surface area contributed by atoms with Crippen LogP contribution in [-0.2, 0) is 4.74 Å². The molecule has 8 heteroatoms. The van der Waals surface area contributed by atoms with Crippen LogP contribution >= 0.6 is 0 Å². The molecule has 5 rings (SSSR count). The first-order valence-corrected chi connectivity index (χ1v) is 9.23. The molecule has 3 heterocycles. The minimum Gasteiger partial charge on any atom is -0.378 e. The molecular formula is C19H20FN5O2. The average Bonchev–Trinajstić information content (AvgIpc) is 3.42. The number of aromatic nitrogens is 4. The van der Waals surface area contributed by atoms with Gasteiger partial charge in [-0.15, -0.1) is 5.10 Å². The van der Waals surface area contributed by atoms with Crippen molar-refractivity contribution < 1.29 is 9.13 Å². The molecule has 0 spiro atoms. The van der Waals surface area contributed by atoms with Crippen LogP contribution in [0.25, 0.3) is 16.7 Å². The Morgan fingerprint density at radius 3 is 2.74 bits per heavy atom. The highest BCUT2D eigenvalue weighted by Gasteiger charge is 2.26. The number of aryl methyl sites for hydroxylation is 1. The quantitative estimate of drug-likeness (QED) is 0.767. The van der Waals surface area contributed by atoms with Crippen molar-refractivity contribution in [3.8, 4) is 5.69 Å². The number of hydrogen-bond donors (Lipinski definition) is 1. The molecule has 1 saturated carbocycles. The fourth-order valence-corrected chi connectivity index (χ4v) is 3.65. The Balaban J connectivity index is 1.58. The summed E-state index contributed by atoms with van der Waals surface area (Å²) in [6.07, 6.45) is 3.79. The molecule has 1 aromatic carbocycles. The number of hydrogen-bond acceptors (Lipinski definition) is 5. The first-order chi connectivity index (χ1) is 13.1. The number of ether oxygens (including phenoxy) is 1. The largest absolute Gasteiger partial charge is 0.378 e. The van der Waals surface area contributed by atoms with Crippen molar-refractivity contribution >= 4 is 17.0 Å². The number of halogens is 1. The third kappa shape index (κ3) is 2.90. The van der Waals surface area contributed by atoms with Crippen molar-refractivity contribution in [2.45, 2.75) is 25.7 Å². The fraction of sp³-hybridized carbons (Fsp3) is 0.421. The maximum absolute atomic E-state index is 14.8. The molecule has 7 nitrogen and oxygen atoms in total. The summed E-state index contributed by atoms with van der Waals surface area (Å²) in [4.78, 5) is 21.8. The lowest BCUT2D eigenvalue weighted by Gasteiger charge is -2.26. The number of aromatic amines is 1. The van der Waals surface area contributed by atoms with Crippen LogP contribution in [0.1, 0.15) is 29.9 Å². The fourth-order valence-electron chi connectivity index (χ4n) is 3.65. The van der Waals surface area contributed by atoms with Crippen LogP contribution in [-0.4, -0.2) is 46.1 Å². The third-order valence-corrected chi connectivity index (χ3v) is 5.24. The van der Waals surface area contributed by atoms with E-state index in [0.29, 0.717) is 54.9 Å². The van der Waals surface area contributed by atoms with E-state index >= 15 is 0 Å². The maximum Gasteiger partial charge on any atom is 0.263 e. The van der Waals surface area contributed by atoms with Gasteiger partial charge < -0.3 is 9.64 Å². The van der Waals surface area contributed by atoms with Crippen LogP contribution in [0.2, 0.25) is 0 Å². The number of anilines is 1. The van der Waals surface area contributed by atoms with Crippen molar-refractivity contribution in [1.29, 1.82) is 0 Å². The van der Waals surface area contributed by atoms with Gasteiger partial charge in [0.15, 0.2) is 5.65 Å². The van der Waals surface area contributed by atoms with Gasteiger partial charge in [0.1, 0.15) is 16.9 Å². The number of nitrogens with zero attached hydrogens (tertiary/aromatic N) is 4.